The zero-order valence-electron chi connectivity index (χ0n) is 18.1. The Morgan fingerprint density at radius 1 is 1.19 bits per heavy atom. The number of nitrogens with one attached hydrogen (secondary N) is 1. The molecule has 1 aromatic carbocycles. The Morgan fingerprint density at radius 3 is 2.61 bits per heavy atom. The van der Waals surface area contributed by atoms with Crippen LogP contribution in [0.15, 0.2) is 42.9 Å². The van der Waals surface area contributed by atoms with Gasteiger partial charge < -0.3 is 5.32 Å². The smallest absolute Gasteiger partial charge is 0.259 e. The highest BCUT2D eigenvalue weighted by Gasteiger charge is 2.24. The van der Waals surface area contributed by atoms with Crippen molar-refractivity contribution in [2.45, 2.75) is 39.3 Å². The van der Waals surface area contributed by atoms with E-state index in [1.807, 2.05) is 17.9 Å². The number of aromatic nitrogens is 4. The number of amides is 1. The topological polar surface area (TPSA) is 68.0 Å². The standard InChI is InChI=1S/C23H29FN6O/c1-3-30-15-18(13-25-30)14-29-10-8-17(9-11-29)12-22-21(16-28(2)27-22)23(31)26-20-6-4-19(24)5-7-20/h4-7,13,15-17H,3,8-12,14H2,1-2H3,(H,26,31). The molecule has 8 heteroatoms. The van der Waals surface area contributed by atoms with Gasteiger partial charge in [0.05, 0.1) is 17.5 Å². The summed E-state index contributed by atoms with van der Waals surface area (Å²) in [5, 5.41) is 11.8. The molecule has 1 fully saturated rings. The molecule has 0 aliphatic carbocycles. The second-order valence-electron chi connectivity index (χ2n) is 8.25. The van der Waals surface area contributed by atoms with Gasteiger partial charge in [0, 0.05) is 43.8 Å². The van der Waals surface area contributed by atoms with E-state index in [2.05, 4.69) is 33.5 Å². The van der Waals surface area contributed by atoms with Gasteiger partial charge in [-0.2, -0.15) is 10.2 Å². The van der Waals surface area contributed by atoms with Crippen LogP contribution in [-0.2, 0) is 26.6 Å². The summed E-state index contributed by atoms with van der Waals surface area (Å²) in [6.45, 7) is 5.98. The first-order chi connectivity index (χ1) is 15.0. The van der Waals surface area contributed by atoms with Crippen molar-refractivity contribution in [3.05, 3.63) is 65.5 Å². The van der Waals surface area contributed by atoms with Gasteiger partial charge in [-0.15, -0.1) is 0 Å². The molecule has 1 aliphatic heterocycles. The summed E-state index contributed by atoms with van der Waals surface area (Å²) in [5.41, 5.74) is 3.23. The fourth-order valence-corrected chi connectivity index (χ4v) is 4.15. The lowest BCUT2D eigenvalue weighted by Crippen LogP contribution is -2.34. The van der Waals surface area contributed by atoms with Crippen LogP contribution in [-0.4, -0.2) is 43.5 Å². The second-order valence-corrected chi connectivity index (χ2v) is 8.25. The van der Waals surface area contributed by atoms with Crippen LogP contribution in [0.1, 0.15) is 41.4 Å². The second kappa shape index (κ2) is 9.43. The maximum atomic E-state index is 13.1. The quantitative estimate of drug-likeness (QED) is 0.631. The van der Waals surface area contributed by atoms with Crippen molar-refractivity contribution in [1.82, 2.24) is 24.5 Å². The molecule has 0 saturated carbocycles. The summed E-state index contributed by atoms with van der Waals surface area (Å²) in [6, 6.07) is 5.79. The lowest BCUT2D eigenvalue weighted by Gasteiger charge is -2.31. The molecule has 164 valence electrons. The molecule has 4 rings (SSSR count). The zero-order chi connectivity index (χ0) is 21.8. The Kier molecular flexibility index (Phi) is 6.46. The summed E-state index contributed by atoms with van der Waals surface area (Å²) < 4.78 is 16.8. The number of rotatable bonds is 7. The van der Waals surface area contributed by atoms with E-state index in [0.717, 1.165) is 51.1 Å². The Bertz CT molecular complexity index is 1020. The summed E-state index contributed by atoms with van der Waals surface area (Å²) in [4.78, 5) is 15.2. The molecule has 1 aliphatic rings. The monoisotopic (exact) mass is 424 g/mol. The maximum absolute atomic E-state index is 13.1. The van der Waals surface area contributed by atoms with Gasteiger partial charge in [0.15, 0.2) is 0 Å². The molecule has 0 atom stereocenters. The minimum atomic E-state index is -0.328. The molecule has 1 N–H and O–H groups in total. The van der Waals surface area contributed by atoms with E-state index in [9.17, 15) is 9.18 Å². The van der Waals surface area contributed by atoms with E-state index in [0.29, 0.717) is 17.2 Å². The first kappa shape index (κ1) is 21.2. The number of nitrogens with zero attached hydrogens (tertiary/aromatic N) is 5. The van der Waals surface area contributed by atoms with E-state index in [-0.39, 0.29) is 11.7 Å². The van der Waals surface area contributed by atoms with Crippen LogP contribution >= 0.6 is 0 Å². The molecule has 3 aromatic rings. The molecule has 7 nitrogen and oxygen atoms in total. The predicted octanol–water partition coefficient (Wildman–Crippen LogP) is 3.48. The van der Waals surface area contributed by atoms with Crippen molar-refractivity contribution in [1.29, 1.82) is 0 Å². The summed E-state index contributed by atoms with van der Waals surface area (Å²) in [7, 11) is 1.83. The van der Waals surface area contributed by atoms with E-state index in [1.54, 1.807) is 23.0 Å². The fourth-order valence-electron chi connectivity index (χ4n) is 4.15. The third-order valence-electron chi connectivity index (χ3n) is 5.86. The number of halogens is 1. The lowest BCUT2D eigenvalue weighted by molar-refractivity contribution is 0.102. The first-order valence-electron chi connectivity index (χ1n) is 10.8. The molecular weight excluding hydrogens is 395 g/mol. The van der Waals surface area contributed by atoms with Crippen LogP contribution in [0.3, 0.4) is 0 Å². The largest absolute Gasteiger partial charge is 0.322 e. The molecule has 0 unspecified atom stereocenters. The number of carbonyl (C=O) groups excluding carboxylic acids is 1. The summed E-state index contributed by atoms with van der Waals surface area (Å²) >= 11 is 0. The molecule has 3 heterocycles. The van der Waals surface area contributed by atoms with E-state index < -0.39 is 0 Å². The molecule has 1 saturated heterocycles. The number of piperidine rings is 1. The molecule has 0 spiro atoms. The van der Waals surface area contributed by atoms with Gasteiger partial charge in [0.25, 0.3) is 5.91 Å². The zero-order valence-corrected chi connectivity index (χ0v) is 18.1. The molecule has 1 amide bonds. The summed E-state index contributed by atoms with van der Waals surface area (Å²) in [5.74, 6) is -0.0347. The number of aryl methyl sites for hydroxylation is 2. The third-order valence-corrected chi connectivity index (χ3v) is 5.86. The van der Waals surface area contributed by atoms with Crippen LogP contribution in [0.5, 0.6) is 0 Å². The van der Waals surface area contributed by atoms with Crippen LogP contribution in [0.4, 0.5) is 10.1 Å². The van der Waals surface area contributed by atoms with Crippen molar-refractivity contribution >= 4 is 11.6 Å². The minimum Gasteiger partial charge on any atom is -0.322 e. The number of likely N-dealkylation sites (tertiary alicyclic amines) is 1. The van der Waals surface area contributed by atoms with Crippen molar-refractivity contribution in [3.8, 4) is 0 Å². The Balaban J connectivity index is 1.33. The number of carbonyl (C=O) groups is 1. The Morgan fingerprint density at radius 2 is 1.94 bits per heavy atom. The number of hydrogen-bond acceptors (Lipinski definition) is 4. The van der Waals surface area contributed by atoms with Crippen LogP contribution in [0.2, 0.25) is 0 Å². The van der Waals surface area contributed by atoms with Gasteiger partial charge in [-0.05, 0) is 69.5 Å². The number of benzene rings is 1. The van der Waals surface area contributed by atoms with E-state index in [1.165, 1.54) is 17.7 Å². The minimum absolute atomic E-state index is 0.208. The molecule has 31 heavy (non-hydrogen) atoms. The molecule has 0 bridgehead atoms. The predicted molar refractivity (Wildman–Crippen MR) is 117 cm³/mol. The van der Waals surface area contributed by atoms with Gasteiger partial charge in [0.1, 0.15) is 5.82 Å². The van der Waals surface area contributed by atoms with Gasteiger partial charge in [-0.25, -0.2) is 4.39 Å². The number of anilines is 1. The Labute approximate surface area is 181 Å². The molecular formula is C23H29FN6O. The highest BCUT2D eigenvalue weighted by molar-refractivity contribution is 6.04. The summed E-state index contributed by atoms with van der Waals surface area (Å²) in [6.07, 6.45) is 8.78. The SMILES string of the molecule is CCn1cc(CN2CCC(Cc3nn(C)cc3C(=O)Nc3ccc(F)cc3)CC2)cn1. The maximum Gasteiger partial charge on any atom is 0.259 e. The van der Waals surface area contributed by atoms with Crippen molar-refractivity contribution in [2.24, 2.45) is 13.0 Å². The third kappa shape index (κ3) is 5.38. The van der Waals surface area contributed by atoms with Crippen molar-refractivity contribution < 1.29 is 9.18 Å². The van der Waals surface area contributed by atoms with Gasteiger partial charge in [0.2, 0.25) is 0 Å². The van der Waals surface area contributed by atoms with Crippen molar-refractivity contribution in [2.75, 3.05) is 18.4 Å². The van der Waals surface area contributed by atoms with Crippen LogP contribution in [0, 0.1) is 11.7 Å². The van der Waals surface area contributed by atoms with Gasteiger partial charge in [-0.1, -0.05) is 0 Å². The normalized spacial score (nSPS) is 15.3. The first-order valence-corrected chi connectivity index (χ1v) is 10.8. The fraction of sp³-hybridized carbons (Fsp3) is 0.435. The van der Waals surface area contributed by atoms with Crippen molar-refractivity contribution in [3.63, 3.8) is 0 Å². The lowest BCUT2D eigenvalue weighted by atomic mass is 9.91. The highest BCUT2D eigenvalue weighted by atomic mass is 19.1. The van der Waals surface area contributed by atoms with Gasteiger partial charge in [-0.3, -0.25) is 19.1 Å². The average Bonchev–Trinajstić information content (AvgIpc) is 3.37. The van der Waals surface area contributed by atoms with Crippen LogP contribution in [0.25, 0.3) is 0 Å². The Hall–Kier alpha value is -3.00. The average molecular weight is 425 g/mol. The highest BCUT2D eigenvalue weighted by Crippen LogP contribution is 2.24. The number of hydrogen-bond donors (Lipinski definition) is 1. The van der Waals surface area contributed by atoms with Gasteiger partial charge >= 0.3 is 0 Å². The van der Waals surface area contributed by atoms with E-state index >= 15 is 0 Å². The molecule has 0 radical (unpaired) electrons. The molecule has 2 aromatic heterocycles. The van der Waals surface area contributed by atoms with E-state index in [4.69, 9.17) is 0 Å². The van der Waals surface area contributed by atoms with Crippen LogP contribution < -0.4 is 5.32 Å².